The molecular formula is C15H24FNO2. The number of aliphatic hydroxyl groups excluding tert-OH is 2. The van der Waals surface area contributed by atoms with Crippen LogP contribution in [0.3, 0.4) is 0 Å². The Morgan fingerprint density at radius 3 is 2.58 bits per heavy atom. The SMILES string of the molecule is CN(CCCCCO)CCC(O)c1ccccc1F. The van der Waals surface area contributed by atoms with Crippen molar-refractivity contribution in [2.24, 2.45) is 0 Å². The van der Waals surface area contributed by atoms with Gasteiger partial charge in [0.1, 0.15) is 5.82 Å². The van der Waals surface area contributed by atoms with E-state index in [0.29, 0.717) is 12.0 Å². The average Bonchev–Trinajstić information content (AvgIpc) is 2.41. The molecule has 1 unspecified atom stereocenters. The van der Waals surface area contributed by atoms with Gasteiger partial charge in [0.2, 0.25) is 0 Å². The lowest BCUT2D eigenvalue weighted by Gasteiger charge is -2.19. The molecule has 0 aromatic heterocycles. The maximum atomic E-state index is 13.5. The Kier molecular flexibility index (Phi) is 7.63. The van der Waals surface area contributed by atoms with Gasteiger partial charge in [-0.25, -0.2) is 4.39 Å². The summed E-state index contributed by atoms with van der Waals surface area (Å²) in [7, 11) is 1.99. The van der Waals surface area contributed by atoms with Crippen molar-refractivity contribution in [3.63, 3.8) is 0 Å². The second-order valence-corrected chi connectivity index (χ2v) is 4.91. The zero-order valence-corrected chi connectivity index (χ0v) is 11.6. The van der Waals surface area contributed by atoms with Gasteiger partial charge in [-0.2, -0.15) is 0 Å². The molecule has 0 aliphatic heterocycles. The third-order valence-corrected chi connectivity index (χ3v) is 3.25. The van der Waals surface area contributed by atoms with Crippen molar-refractivity contribution in [2.75, 3.05) is 26.7 Å². The first kappa shape index (κ1) is 16.1. The Morgan fingerprint density at radius 1 is 1.16 bits per heavy atom. The van der Waals surface area contributed by atoms with E-state index in [2.05, 4.69) is 4.90 Å². The minimum Gasteiger partial charge on any atom is -0.396 e. The second kappa shape index (κ2) is 9.02. The van der Waals surface area contributed by atoms with Crippen LogP contribution >= 0.6 is 0 Å². The van der Waals surface area contributed by atoms with Gasteiger partial charge in [-0.3, -0.25) is 0 Å². The molecule has 3 nitrogen and oxygen atoms in total. The Balaban J connectivity index is 2.26. The molecule has 1 atom stereocenters. The van der Waals surface area contributed by atoms with Crippen LogP contribution in [0, 0.1) is 5.82 Å². The highest BCUT2D eigenvalue weighted by Gasteiger charge is 2.12. The molecule has 0 aliphatic carbocycles. The first-order chi connectivity index (χ1) is 9.15. The number of halogens is 1. The number of aliphatic hydroxyl groups is 2. The Hall–Kier alpha value is -0.970. The standard InChI is InChI=1S/C15H24FNO2/c1-17(10-5-2-6-12-18)11-9-15(19)13-7-3-4-8-14(13)16/h3-4,7-8,15,18-19H,2,5-6,9-12H2,1H3. The van der Waals surface area contributed by atoms with Crippen LogP contribution in [0.4, 0.5) is 4.39 Å². The summed E-state index contributed by atoms with van der Waals surface area (Å²) >= 11 is 0. The van der Waals surface area contributed by atoms with Gasteiger partial charge < -0.3 is 15.1 Å². The molecule has 19 heavy (non-hydrogen) atoms. The highest BCUT2D eigenvalue weighted by atomic mass is 19.1. The van der Waals surface area contributed by atoms with Gasteiger partial charge in [-0.1, -0.05) is 18.2 Å². The summed E-state index contributed by atoms with van der Waals surface area (Å²) in [5, 5.41) is 18.6. The second-order valence-electron chi connectivity index (χ2n) is 4.91. The molecule has 0 saturated heterocycles. The average molecular weight is 269 g/mol. The molecular weight excluding hydrogens is 245 g/mol. The summed E-state index contributed by atoms with van der Waals surface area (Å²) in [5.74, 6) is -0.347. The van der Waals surface area contributed by atoms with E-state index in [1.54, 1.807) is 18.2 Å². The fourth-order valence-corrected chi connectivity index (χ4v) is 2.03. The van der Waals surface area contributed by atoms with Crippen LogP contribution in [0.5, 0.6) is 0 Å². The van der Waals surface area contributed by atoms with Crippen LogP contribution in [0.25, 0.3) is 0 Å². The number of benzene rings is 1. The molecule has 0 spiro atoms. The fraction of sp³-hybridized carbons (Fsp3) is 0.600. The minimum absolute atomic E-state index is 0.246. The van der Waals surface area contributed by atoms with Gasteiger partial charge in [-0.15, -0.1) is 0 Å². The van der Waals surface area contributed by atoms with Gasteiger partial charge in [0.25, 0.3) is 0 Å². The molecule has 0 fully saturated rings. The molecule has 1 aromatic carbocycles. The van der Waals surface area contributed by atoms with Gasteiger partial charge >= 0.3 is 0 Å². The molecule has 2 N–H and O–H groups in total. The first-order valence-corrected chi connectivity index (χ1v) is 6.87. The van der Waals surface area contributed by atoms with Gasteiger partial charge in [-0.05, 0) is 45.3 Å². The predicted molar refractivity (Wildman–Crippen MR) is 74.4 cm³/mol. The molecule has 0 bridgehead atoms. The molecule has 0 radical (unpaired) electrons. The summed E-state index contributed by atoms with van der Waals surface area (Å²) in [5.41, 5.74) is 0.371. The van der Waals surface area contributed by atoms with Gasteiger partial charge in [0.05, 0.1) is 6.10 Å². The van der Waals surface area contributed by atoms with E-state index < -0.39 is 6.10 Å². The van der Waals surface area contributed by atoms with Crippen molar-refractivity contribution in [1.82, 2.24) is 4.90 Å². The summed E-state index contributed by atoms with van der Waals surface area (Å²) in [6.07, 6.45) is 2.66. The van der Waals surface area contributed by atoms with E-state index in [1.165, 1.54) is 6.07 Å². The summed E-state index contributed by atoms with van der Waals surface area (Å²) < 4.78 is 13.5. The quantitative estimate of drug-likeness (QED) is 0.676. The smallest absolute Gasteiger partial charge is 0.128 e. The Morgan fingerprint density at radius 2 is 1.89 bits per heavy atom. The van der Waals surface area contributed by atoms with E-state index in [0.717, 1.165) is 32.4 Å². The normalized spacial score (nSPS) is 12.9. The molecule has 1 rings (SSSR count). The topological polar surface area (TPSA) is 43.7 Å². The van der Waals surface area contributed by atoms with Crippen molar-refractivity contribution in [1.29, 1.82) is 0 Å². The number of unbranched alkanes of at least 4 members (excludes halogenated alkanes) is 2. The molecule has 0 heterocycles. The van der Waals surface area contributed by atoms with Crippen molar-refractivity contribution in [3.8, 4) is 0 Å². The van der Waals surface area contributed by atoms with Crippen molar-refractivity contribution in [2.45, 2.75) is 31.8 Å². The minimum atomic E-state index is -0.749. The third-order valence-electron chi connectivity index (χ3n) is 3.25. The third kappa shape index (κ3) is 6.14. The van der Waals surface area contributed by atoms with Crippen molar-refractivity contribution >= 4 is 0 Å². The van der Waals surface area contributed by atoms with Crippen LogP contribution in [-0.4, -0.2) is 41.9 Å². The molecule has 4 heteroatoms. The van der Waals surface area contributed by atoms with Gasteiger partial charge in [0.15, 0.2) is 0 Å². The zero-order chi connectivity index (χ0) is 14.1. The molecule has 108 valence electrons. The monoisotopic (exact) mass is 269 g/mol. The summed E-state index contributed by atoms with van der Waals surface area (Å²) in [4.78, 5) is 2.13. The molecule has 0 amide bonds. The van der Waals surface area contributed by atoms with E-state index in [-0.39, 0.29) is 12.4 Å². The maximum Gasteiger partial charge on any atom is 0.128 e. The summed E-state index contributed by atoms with van der Waals surface area (Å²) in [6.45, 7) is 1.91. The molecule has 1 aromatic rings. The molecule has 0 saturated carbocycles. The largest absolute Gasteiger partial charge is 0.396 e. The van der Waals surface area contributed by atoms with Crippen LogP contribution < -0.4 is 0 Å². The number of hydrogen-bond acceptors (Lipinski definition) is 3. The van der Waals surface area contributed by atoms with E-state index in [4.69, 9.17) is 5.11 Å². The summed E-state index contributed by atoms with van der Waals surface area (Å²) in [6, 6.07) is 6.36. The number of rotatable bonds is 9. The fourth-order valence-electron chi connectivity index (χ4n) is 2.03. The van der Waals surface area contributed by atoms with E-state index in [9.17, 15) is 9.50 Å². The van der Waals surface area contributed by atoms with Crippen LogP contribution in [0.15, 0.2) is 24.3 Å². The zero-order valence-electron chi connectivity index (χ0n) is 11.6. The van der Waals surface area contributed by atoms with Crippen molar-refractivity contribution < 1.29 is 14.6 Å². The first-order valence-electron chi connectivity index (χ1n) is 6.87. The van der Waals surface area contributed by atoms with E-state index in [1.807, 2.05) is 7.05 Å². The van der Waals surface area contributed by atoms with Gasteiger partial charge in [0, 0.05) is 18.7 Å². The lowest BCUT2D eigenvalue weighted by molar-refractivity contribution is 0.144. The lowest BCUT2D eigenvalue weighted by atomic mass is 10.1. The predicted octanol–water partition coefficient (Wildman–Crippen LogP) is 2.34. The molecule has 0 aliphatic rings. The number of hydrogen-bond donors (Lipinski definition) is 2. The highest BCUT2D eigenvalue weighted by molar-refractivity contribution is 5.19. The van der Waals surface area contributed by atoms with Crippen LogP contribution in [0.1, 0.15) is 37.4 Å². The number of nitrogens with zero attached hydrogens (tertiary/aromatic N) is 1. The van der Waals surface area contributed by atoms with E-state index >= 15 is 0 Å². The van der Waals surface area contributed by atoms with Crippen molar-refractivity contribution in [3.05, 3.63) is 35.6 Å². The highest BCUT2D eigenvalue weighted by Crippen LogP contribution is 2.19. The van der Waals surface area contributed by atoms with Crippen LogP contribution in [0.2, 0.25) is 0 Å². The maximum absolute atomic E-state index is 13.5. The Bertz CT molecular complexity index is 360. The van der Waals surface area contributed by atoms with Crippen LogP contribution in [-0.2, 0) is 0 Å². The lowest BCUT2D eigenvalue weighted by Crippen LogP contribution is -2.22. The Labute approximate surface area is 114 Å².